The minimum atomic E-state index is -2.83. The minimum absolute atomic E-state index is 0.115. The molecule has 0 aromatic carbocycles. The molecule has 4 heteroatoms. The summed E-state index contributed by atoms with van der Waals surface area (Å²) in [7, 11) is -2.83. The summed E-state index contributed by atoms with van der Waals surface area (Å²) in [6.07, 6.45) is 6.18. The van der Waals surface area contributed by atoms with Crippen molar-refractivity contribution in [2.24, 2.45) is 17.6 Å². The van der Waals surface area contributed by atoms with Crippen LogP contribution in [0.25, 0.3) is 0 Å². The Hall–Kier alpha value is -0.0900. The third-order valence-electron chi connectivity index (χ3n) is 4.43. The quantitative estimate of drug-likeness (QED) is 0.811. The molecule has 0 aromatic rings. The lowest BCUT2D eigenvalue weighted by molar-refractivity contribution is 0.174. The number of rotatable bonds is 6. The summed E-state index contributed by atoms with van der Waals surface area (Å²) < 4.78 is 23.0. The van der Waals surface area contributed by atoms with Gasteiger partial charge in [-0.3, -0.25) is 0 Å². The van der Waals surface area contributed by atoms with Gasteiger partial charge in [-0.25, -0.2) is 8.42 Å². The lowest BCUT2D eigenvalue weighted by atomic mass is 9.70. The lowest BCUT2D eigenvalue weighted by Gasteiger charge is -2.40. The maximum Gasteiger partial charge on any atom is 0.150 e. The van der Waals surface area contributed by atoms with E-state index in [0.717, 1.165) is 25.7 Å². The third-order valence-corrected chi connectivity index (χ3v) is 6.22. The van der Waals surface area contributed by atoms with Crippen LogP contribution in [0.2, 0.25) is 0 Å². The van der Waals surface area contributed by atoms with Crippen LogP contribution in [0.1, 0.15) is 59.3 Å². The Kier molecular flexibility index (Phi) is 5.66. The average molecular weight is 275 g/mol. The zero-order chi connectivity index (χ0) is 13.8. The van der Waals surface area contributed by atoms with Gasteiger partial charge in [0, 0.05) is 11.3 Å². The van der Waals surface area contributed by atoms with E-state index in [0.29, 0.717) is 17.6 Å². The second-order valence-corrected chi connectivity index (χ2v) is 8.78. The molecule has 1 aliphatic carbocycles. The molecule has 108 valence electrons. The van der Waals surface area contributed by atoms with E-state index in [1.165, 1.54) is 12.8 Å². The van der Waals surface area contributed by atoms with Crippen molar-refractivity contribution in [1.29, 1.82) is 0 Å². The maximum absolute atomic E-state index is 11.5. The summed E-state index contributed by atoms with van der Waals surface area (Å²) in [4.78, 5) is 0. The van der Waals surface area contributed by atoms with E-state index in [-0.39, 0.29) is 11.3 Å². The van der Waals surface area contributed by atoms with Crippen molar-refractivity contribution in [2.75, 3.05) is 11.5 Å². The highest BCUT2D eigenvalue weighted by Gasteiger charge is 2.33. The van der Waals surface area contributed by atoms with Crippen LogP contribution < -0.4 is 5.73 Å². The number of nitrogens with two attached hydrogens (primary N) is 1. The topological polar surface area (TPSA) is 60.2 Å². The molecule has 1 fully saturated rings. The SMILES string of the molecule is CCS(=O)(=O)CCCC1(N)CCCC(C(C)C)C1. The first kappa shape index (κ1) is 16.0. The predicted octanol–water partition coefficient (Wildman–Crippen LogP) is 2.75. The molecule has 1 saturated carbocycles. The van der Waals surface area contributed by atoms with Crippen molar-refractivity contribution in [1.82, 2.24) is 0 Å². The Morgan fingerprint density at radius 2 is 2.06 bits per heavy atom. The van der Waals surface area contributed by atoms with Crippen LogP contribution in [0.15, 0.2) is 0 Å². The molecule has 3 nitrogen and oxygen atoms in total. The Balaban J connectivity index is 2.45. The Labute approximate surface area is 112 Å². The molecule has 0 aromatic heterocycles. The van der Waals surface area contributed by atoms with Crippen molar-refractivity contribution < 1.29 is 8.42 Å². The van der Waals surface area contributed by atoms with E-state index in [9.17, 15) is 8.42 Å². The third kappa shape index (κ3) is 4.88. The van der Waals surface area contributed by atoms with Crippen LogP contribution in [-0.2, 0) is 9.84 Å². The van der Waals surface area contributed by atoms with Crippen molar-refractivity contribution in [2.45, 2.75) is 64.8 Å². The van der Waals surface area contributed by atoms with Gasteiger partial charge >= 0.3 is 0 Å². The van der Waals surface area contributed by atoms with Gasteiger partial charge in [0.15, 0.2) is 0 Å². The molecule has 2 N–H and O–H groups in total. The van der Waals surface area contributed by atoms with Gasteiger partial charge in [0.25, 0.3) is 0 Å². The smallest absolute Gasteiger partial charge is 0.150 e. The van der Waals surface area contributed by atoms with Crippen molar-refractivity contribution in [3.63, 3.8) is 0 Å². The van der Waals surface area contributed by atoms with Gasteiger partial charge in [0.2, 0.25) is 0 Å². The lowest BCUT2D eigenvalue weighted by Crippen LogP contribution is -2.45. The molecule has 0 heterocycles. The van der Waals surface area contributed by atoms with Crippen LogP contribution in [0.4, 0.5) is 0 Å². The Morgan fingerprint density at radius 3 is 2.61 bits per heavy atom. The zero-order valence-corrected chi connectivity index (χ0v) is 12.9. The van der Waals surface area contributed by atoms with Crippen LogP contribution in [0.5, 0.6) is 0 Å². The summed E-state index contributed by atoms with van der Waals surface area (Å²) in [5.74, 6) is 1.95. The zero-order valence-electron chi connectivity index (χ0n) is 12.1. The second-order valence-electron chi connectivity index (χ2n) is 6.30. The molecular weight excluding hydrogens is 246 g/mol. The molecule has 0 amide bonds. The first-order chi connectivity index (χ1) is 8.28. The fourth-order valence-corrected chi connectivity index (χ4v) is 3.90. The van der Waals surface area contributed by atoms with E-state index in [4.69, 9.17) is 5.73 Å². The van der Waals surface area contributed by atoms with E-state index in [1.807, 2.05) is 0 Å². The summed E-state index contributed by atoms with van der Waals surface area (Å²) >= 11 is 0. The van der Waals surface area contributed by atoms with Crippen LogP contribution in [0.3, 0.4) is 0 Å². The van der Waals surface area contributed by atoms with E-state index >= 15 is 0 Å². The van der Waals surface area contributed by atoms with Gasteiger partial charge in [-0.2, -0.15) is 0 Å². The first-order valence-electron chi connectivity index (χ1n) is 7.27. The summed E-state index contributed by atoms with van der Waals surface area (Å²) in [5, 5.41) is 0. The molecule has 0 saturated heterocycles. The minimum Gasteiger partial charge on any atom is -0.325 e. The highest BCUT2D eigenvalue weighted by Crippen LogP contribution is 2.37. The standard InChI is InChI=1S/C14H29NO2S/c1-4-18(16,17)10-6-9-14(15)8-5-7-13(11-14)12(2)3/h12-13H,4-11,15H2,1-3H3. The molecular formula is C14H29NO2S. The molecule has 18 heavy (non-hydrogen) atoms. The largest absolute Gasteiger partial charge is 0.325 e. The van der Waals surface area contributed by atoms with Crippen molar-refractivity contribution in [3.05, 3.63) is 0 Å². The highest BCUT2D eigenvalue weighted by molar-refractivity contribution is 7.91. The van der Waals surface area contributed by atoms with Gasteiger partial charge in [-0.1, -0.05) is 33.6 Å². The molecule has 1 rings (SSSR count). The molecule has 0 bridgehead atoms. The second kappa shape index (κ2) is 6.38. The van der Waals surface area contributed by atoms with E-state index in [1.54, 1.807) is 6.92 Å². The van der Waals surface area contributed by atoms with Crippen LogP contribution in [0, 0.1) is 11.8 Å². The molecule has 2 atom stereocenters. The van der Waals surface area contributed by atoms with Gasteiger partial charge < -0.3 is 5.73 Å². The molecule has 0 spiro atoms. The van der Waals surface area contributed by atoms with E-state index in [2.05, 4.69) is 13.8 Å². The summed E-state index contributed by atoms with van der Waals surface area (Å²) in [5.41, 5.74) is 6.35. The van der Waals surface area contributed by atoms with Crippen molar-refractivity contribution in [3.8, 4) is 0 Å². The predicted molar refractivity (Wildman–Crippen MR) is 77.3 cm³/mol. The summed E-state index contributed by atoms with van der Waals surface area (Å²) in [6.45, 7) is 6.23. The van der Waals surface area contributed by atoms with Crippen molar-refractivity contribution >= 4 is 9.84 Å². The van der Waals surface area contributed by atoms with Gasteiger partial charge in [0.1, 0.15) is 9.84 Å². The number of hydrogen-bond acceptors (Lipinski definition) is 3. The highest BCUT2D eigenvalue weighted by atomic mass is 32.2. The van der Waals surface area contributed by atoms with Crippen LogP contribution >= 0.6 is 0 Å². The van der Waals surface area contributed by atoms with Gasteiger partial charge in [-0.15, -0.1) is 0 Å². The first-order valence-corrected chi connectivity index (χ1v) is 9.09. The fraction of sp³-hybridized carbons (Fsp3) is 1.00. The number of sulfone groups is 1. The van der Waals surface area contributed by atoms with E-state index < -0.39 is 9.84 Å². The summed E-state index contributed by atoms with van der Waals surface area (Å²) in [6, 6.07) is 0. The van der Waals surface area contributed by atoms with Crippen LogP contribution in [-0.4, -0.2) is 25.5 Å². The fourth-order valence-electron chi connectivity index (χ4n) is 3.03. The molecule has 1 aliphatic rings. The molecule has 0 aliphatic heterocycles. The molecule has 0 radical (unpaired) electrons. The number of hydrogen-bond donors (Lipinski definition) is 1. The average Bonchev–Trinajstić information content (AvgIpc) is 2.28. The van der Waals surface area contributed by atoms with Gasteiger partial charge in [-0.05, 0) is 37.5 Å². The molecule has 2 unspecified atom stereocenters. The maximum atomic E-state index is 11.5. The normalized spacial score (nSPS) is 29.7. The monoisotopic (exact) mass is 275 g/mol. The Morgan fingerprint density at radius 1 is 1.39 bits per heavy atom. The van der Waals surface area contributed by atoms with Gasteiger partial charge in [0.05, 0.1) is 5.75 Å². The Bertz CT molecular complexity index is 351.